The second kappa shape index (κ2) is 9.53. The minimum atomic E-state index is -0.104. The maximum Gasteiger partial charge on any atom is 0.289 e. The monoisotopic (exact) mass is 463 g/mol. The molecule has 7 heteroatoms. The van der Waals surface area contributed by atoms with Crippen molar-refractivity contribution in [1.29, 1.82) is 0 Å². The summed E-state index contributed by atoms with van der Waals surface area (Å²) in [5.74, 6) is 0.419. The number of benzene rings is 1. The van der Waals surface area contributed by atoms with Crippen LogP contribution in [0.3, 0.4) is 0 Å². The highest BCUT2D eigenvalue weighted by Crippen LogP contribution is 2.38. The highest BCUT2D eigenvalue weighted by molar-refractivity contribution is 7.10. The summed E-state index contributed by atoms with van der Waals surface area (Å²) in [4.78, 5) is 33.1. The maximum atomic E-state index is 13.0. The molecule has 6 nitrogen and oxygen atoms in total. The molecule has 5 rings (SSSR count). The van der Waals surface area contributed by atoms with Crippen LogP contribution in [0.2, 0.25) is 0 Å². The van der Waals surface area contributed by atoms with Crippen LogP contribution in [0.4, 0.5) is 0 Å². The summed E-state index contributed by atoms with van der Waals surface area (Å²) in [6.45, 7) is 6.09. The summed E-state index contributed by atoms with van der Waals surface area (Å²) in [5, 5.41) is 2.19. The van der Waals surface area contributed by atoms with Crippen LogP contribution >= 0.6 is 11.3 Å². The quantitative estimate of drug-likeness (QED) is 0.575. The number of aryl methyl sites for hydroxylation is 1. The largest absolute Gasteiger partial charge is 0.459 e. The molecule has 33 heavy (non-hydrogen) atoms. The number of nitrogens with zero attached hydrogens (tertiary/aromatic N) is 3. The minimum absolute atomic E-state index is 0.104. The van der Waals surface area contributed by atoms with Crippen molar-refractivity contribution in [3.63, 3.8) is 0 Å². The van der Waals surface area contributed by atoms with Crippen LogP contribution < -0.4 is 0 Å². The van der Waals surface area contributed by atoms with Crippen LogP contribution in [0.15, 0.2) is 58.5 Å². The zero-order chi connectivity index (χ0) is 22.8. The molecule has 0 bridgehead atoms. The first-order valence-electron chi connectivity index (χ1n) is 11.6. The van der Waals surface area contributed by atoms with Gasteiger partial charge in [-0.15, -0.1) is 11.3 Å². The topological polar surface area (TPSA) is 57.0 Å². The second-order valence-corrected chi connectivity index (χ2v) is 9.75. The van der Waals surface area contributed by atoms with Crippen LogP contribution in [0.25, 0.3) is 0 Å². The fourth-order valence-electron chi connectivity index (χ4n) is 4.98. The SMILES string of the molecule is Cc1ccccc1C1c2ccsc2CCN1CCC(=O)N1CCN(C(=O)c2ccco2)CC1. The Morgan fingerprint density at radius 2 is 1.76 bits per heavy atom. The van der Waals surface area contributed by atoms with E-state index in [9.17, 15) is 9.59 Å². The van der Waals surface area contributed by atoms with Gasteiger partial charge < -0.3 is 14.2 Å². The van der Waals surface area contributed by atoms with Gasteiger partial charge in [-0.25, -0.2) is 0 Å². The Hall–Kier alpha value is -2.90. The van der Waals surface area contributed by atoms with Crippen molar-refractivity contribution in [2.45, 2.75) is 25.8 Å². The molecule has 1 fully saturated rings. The Balaban J connectivity index is 1.21. The van der Waals surface area contributed by atoms with Gasteiger partial charge >= 0.3 is 0 Å². The van der Waals surface area contributed by atoms with Crippen molar-refractivity contribution in [2.75, 3.05) is 39.3 Å². The Bertz CT molecular complexity index is 1120. The van der Waals surface area contributed by atoms with E-state index in [2.05, 4.69) is 47.5 Å². The number of rotatable bonds is 5. The van der Waals surface area contributed by atoms with Crippen molar-refractivity contribution in [2.24, 2.45) is 0 Å². The third kappa shape index (κ3) is 4.48. The molecule has 3 aromatic rings. The summed E-state index contributed by atoms with van der Waals surface area (Å²) in [5.41, 5.74) is 4.00. The van der Waals surface area contributed by atoms with Gasteiger partial charge in [-0.1, -0.05) is 24.3 Å². The molecular weight excluding hydrogens is 434 g/mol. The molecule has 0 saturated carbocycles. The summed E-state index contributed by atoms with van der Waals surface area (Å²) in [7, 11) is 0. The molecule has 0 radical (unpaired) electrons. The van der Waals surface area contributed by atoms with Gasteiger partial charge in [0.1, 0.15) is 0 Å². The second-order valence-electron chi connectivity index (χ2n) is 8.74. The van der Waals surface area contributed by atoms with Crippen molar-refractivity contribution in [3.8, 4) is 0 Å². The molecule has 2 aromatic heterocycles. The molecular formula is C26H29N3O3S. The molecule has 2 aliphatic rings. The highest BCUT2D eigenvalue weighted by atomic mass is 32.1. The minimum Gasteiger partial charge on any atom is -0.459 e. The van der Waals surface area contributed by atoms with E-state index in [0.717, 1.165) is 19.5 Å². The zero-order valence-corrected chi connectivity index (χ0v) is 19.7. The summed E-state index contributed by atoms with van der Waals surface area (Å²) in [6.07, 6.45) is 3.04. The number of hydrogen-bond donors (Lipinski definition) is 0. The Morgan fingerprint density at radius 1 is 0.970 bits per heavy atom. The lowest BCUT2D eigenvalue weighted by atomic mass is 9.90. The lowest BCUT2D eigenvalue weighted by Gasteiger charge is -2.38. The number of carbonyl (C=O) groups excluding carboxylic acids is 2. The van der Waals surface area contributed by atoms with E-state index in [0.29, 0.717) is 38.4 Å². The summed E-state index contributed by atoms with van der Waals surface area (Å²) in [6, 6.07) is 14.4. The average molecular weight is 464 g/mol. The Kier molecular flexibility index (Phi) is 6.33. The first-order chi connectivity index (χ1) is 16.1. The van der Waals surface area contributed by atoms with E-state index in [1.54, 1.807) is 17.0 Å². The van der Waals surface area contributed by atoms with Gasteiger partial charge in [-0.05, 0) is 53.6 Å². The maximum absolute atomic E-state index is 13.0. The lowest BCUT2D eigenvalue weighted by molar-refractivity contribution is -0.133. The van der Waals surface area contributed by atoms with Gasteiger partial charge in [0.15, 0.2) is 5.76 Å². The first kappa shape index (κ1) is 21.9. The van der Waals surface area contributed by atoms with E-state index in [4.69, 9.17) is 4.42 Å². The van der Waals surface area contributed by atoms with Crippen LogP contribution in [0, 0.1) is 6.92 Å². The fourth-order valence-corrected chi connectivity index (χ4v) is 5.88. The molecule has 2 aliphatic heterocycles. The van der Waals surface area contributed by atoms with Gasteiger partial charge in [-0.2, -0.15) is 0 Å². The normalized spacial score (nSPS) is 18.9. The van der Waals surface area contributed by atoms with Crippen molar-refractivity contribution < 1.29 is 14.0 Å². The third-order valence-corrected chi connectivity index (χ3v) is 7.81. The Labute approximate surface area is 198 Å². The van der Waals surface area contributed by atoms with Crippen molar-refractivity contribution in [1.82, 2.24) is 14.7 Å². The number of carbonyl (C=O) groups is 2. The standard InChI is InChI=1S/C26H29N3O3S/c1-19-5-2-3-6-20(19)25-21-10-18-33-23(21)8-11-28(25)12-9-24(30)27-13-15-29(16-14-27)26(31)22-7-4-17-32-22/h2-7,10,17-18,25H,8-9,11-16H2,1H3. The number of thiophene rings is 1. The zero-order valence-electron chi connectivity index (χ0n) is 18.9. The van der Waals surface area contributed by atoms with Crippen LogP contribution in [0.5, 0.6) is 0 Å². The molecule has 0 aliphatic carbocycles. The lowest BCUT2D eigenvalue weighted by Crippen LogP contribution is -2.51. The third-order valence-electron chi connectivity index (χ3n) is 6.81. The highest BCUT2D eigenvalue weighted by Gasteiger charge is 2.31. The van der Waals surface area contributed by atoms with Crippen LogP contribution in [-0.2, 0) is 11.2 Å². The molecule has 1 atom stereocenters. The number of furan rings is 1. The van der Waals surface area contributed by atoms with E-state index >= 15 is 0 Å². The van der Waals surface area contributed by atoms with E-state index in [-0.39, 0.29) is 17.9 Å². The molecule has 1 unspecified atom stereocenters. The van der Waals surface area contributed by atoms with Gasteiger partial charge in [-0.3, -0.25) is 14.5 Å². The number of piperazine rings is 1. The molecule has 1 aromatic carbocycles. The molecule has 2 amide bonds. The van der Waals surface area contributed by atoms with E-state index in [1.807, 2.05) is 16.2 Å². The van der Waals surface area contributed by atoms with Gasteiger partial charge in [0, 0.05) is 50.6 Å². The molecule has 0 N–H and O–H groups in total. The van der Waals surface area contributed by atoms with Crippen molar-refractivity contribution >= 4 is 23.2 Å². The predicted octanol–water partition coefficient (Wildman–Crippen LogP) is 3.97. The fraction of sp³-hybridized carbons (Fsp3) is 0.385. The van der Waals surface area contributed by atoms with Gasteiger partial charge in [0.2, 0.25) is 5.91 Å². The van der Waals surface area contributed by atoms with Gasteiger partial charge in [0.25, 0.3) is 5.91 Å². The predicted molar refractivity (Wildman–Crippen MR) is 128 cm³/mol. The smallest absolute Gasteiger partial charge is 0.289 e. The van der Waals surface area contributed by atoms with Crippen LogP contribution in [0.1, 0.15) is 44.6 Å². The van der Waals surface area contributed by atoms with Crippen molar-refractivity contribution in [3.05, 3.63) is 81.4 Å². The average Bonchev–Trinajstić information content (AvgIpc) is 3.55. The Morgan fingerprint density at radius 3 is 2.52 bits per heavy atom. The number of hydrogen-bond acceptors (Lipinski definition) is 5. The number of amides is 2. The summed E-state index contributed by atoms with van der Waals surface area (Å²) < 4.78 is 5.23. The number of fused-ring (bicyclic) bond motifs is 1. The van der Waals surface area contributed by atoms with Crippen LogP contribution in [-0.4, -0.2) is 65.8 Å². The molecule has 0 spiro atoms. The summed E-state index contributed by atoms with van der Waals surface area (Å²) >= 11 is 1.84. The van der Waals surface area contributed by atoms with Gasteiger partial charge in [0.05, 0.1) is 12.3 Å². The molecule has 1 saturated heterocycles. The van der Waals surface area contributed by atoms with E-state index < -0.39 is 0 Å². The van der Waals surface area contributed by atoms with E-state index in [1.165, 1.54) is 27.8 Å². The molecule has 4 heterocycles. The first-order valence-corrected chi connectivity index (χ1v) is 12.5. The molecule has 172 valence electrons.